The molecule has 0 fully saturated rings. The fourth-order valence-corrected chi connectivity index (χ4v) is 2.72. The third-order valence-corrected chi connectivity index (χ3v) is 4.18. The summed E-state index contributed by atoms with van der Waals surface area (Å²) in [4.78, 5) is 54.7. The first-order chi connectivity index (χ1) is 14.6. The highest BCUT2D eigenvalue weighted by molar-refractivity contribution is 6.28. The van der Waals surface area contributed by atoms with Crippen molar-refractivity contribution in [2.24, 2.45) is 9.98 Å². The summed E-state index contributed by atoms with van der Waals surface area (Å²) < 4.78 is 10.1. The lowest BCUT2D eigenvalue weighted by Gasteiger charge is -2.25. The number of ether oxygens (including phenoxy) is 2. The quantitative estimate of drug-likeness (QED) is 0.677. The van der Waals surface area contributed by atoms with Crippen LogP contribution in [0, 0.1) is 0 Å². The smallest absolute Gasteiger partial charge is 0.353 e. The molecule has 0 aliphatic carbocycles. The summed E-state index contributed by atoms with van der Waals surface area (Å²) in [6.07, 6.45) is 1.70. The van der Waals surface area contributed by atoms with Crippen LogP contribution >= 0.6 is 0 Å². The second-order valence-corrected chi connectivity index (χ2v) is 7.07. The molecule has 170 valence electrons. The van der Waals surface area contributed by atoms with Gasteiger partial charge in [-0.25, -0.2) is 9.59 Å². The van der Waals surface area contributed by atoms with E-state index >= 15 is 0 Å². The SMILES string of the molecule is CCCCN1C(=O)N=C(OCC)C(=C(C)C)C1=O.COC1=NC(=O)NC(=O)C1=C(C)C. The molecule has 10 heteroatoms. The number of nitrogens with one attached hydrogen (secondary N) is 1. The van der Waals surface area contributed by atoms with Crippen molar-refractivity contribution in [3.8, 4) is 0 Å². The van der Waals surface area contributed by atoms with Crippen molar-refractivity contribution in [1.82, 2.24) is 10.2 Å². The molecule has 0 saturated carbocycles. The average Bonchev–Trinajstić information content (AvgIpc) is 2.67. The molecule has 0 bridgehead atoms. The highest BCUT2D eigenvalue weighted by Crippen LogP contribution is 2.18. The molecule has 0 atom stereocenters. The molecule has 2 rings (SSSR count). The Morgan fingerprint density at radius 1 is 0.935 bits per heavy atom. The maximum Gasteiger partial charge on any atom is 0.353 e. The number of rotatable bonds is 4. The molecule has 0 aromatic heterocycles. The van der Waals surface area contributed by atoms with Crippen molar-refractivity contribution in [1.29, 1.82) is 0 Å². The number of carbonyl (C=O) groups is 4. The third-order valence-electron chi connectivity index (χ3n) is 4.18. The van der Waals surface area contributed by atoms with E-state index in [2.05, 4.69) is 15.3 Å². The Bertz CT molecular complexity index is 874. The number of carbonyl (C=O) groups excluding carboxylic acids is 4. The van der Waals surface area contributed by atoms with Gasteiger partial charge in [0.15, 0.2) is 0 Å². The number of urea groups is 2. The number of amides is 6. The van der Waals surface area contributed by atoms with Gasteiger partial charge in [-0.2, -0.15) is 9.98 Å². The molecule has 2 heterocycles. The molecule has 0 aromatic carbocycles. The molecule has 6 amide bonds. The maximum absolute atomic E-state index is 12.3. The Labute approximate surface area is 182 Å². The number of imide groups is 2. The van der Waals surface area contributed by atoms with Crippen LogP contribution in [0.3, 0.4) is 0 Å². The van der Waals surface area contributed by atoms with Crippen LogP contribution in [-0.4, -0.2) is 60.8 Å². The first-order valence-electron chi connectivity index (χ1n) is 9.99. The number of methoxy groups -OCH3 is 1. The Morgan fingerprint density at radius 2 is 1.55 bits per heavy atom. The molecule has 2 aliphatic rings. The summed E-state index contributed by atoms with van der Waals surface area (Å²) >= 11 is 0. The largest absolute Gasteiger partial charge is 0.480 e. The number of unbranched alkanes of at least 4 members (excludes halogenated alkanes) is 1. The van der Waals surface area contributed by atoms with Crippen molar-refractivity contribution < 1.29 is 28.7 Å². The Morgan fingerprint density at radius 3 is 2.03 bits per heavy atom. The Kier molecular flexibility index (Phi) is 9.78. The monoisotopic (exact) mass is 434 g/mol. The summed E-state index contributed by atoms with van der Waals surface area (Å²) in [5, 5.41) is 2.07. The van der Waals surface area contributed by atoms with Crippen LogP contribution in [-0.2, 0) is 19.1 Å². The first kappa shape index (κ1) is 25.7. The van der Waals surface area contributed by atoms with Crippen LogP contribution < -0.4 is 5.32 Å². The minimum atomic E-state index is -0.688. The topological polar surface area (TPSA) is 127 Å². The number of nitrogens with zero attached hydrogens (tertiary/aromatic N) is 3. The van der Waals surface area contributed by atoms with Gasteiger partial charge in [0.25, 0.3) is 11.8 Å². The first-order valence-corrected chi connectivity index (χ1v) is 9.99. The van der Waals surface area contributed by atoms with Crippen LogP contribution in [0.5, 0.6) is 0 Å². The van der Waals surface area contributed by atoms with E-state index in [0.29, 0.717) is 24.3 Å². The van der Waals surface area contributed by atoms with Crippen molar-refractivity contribution in [2.45, 2.75) is 54.4 Å². The summed E-state index contributed by atoms with van der Waals surface area (Å²) in [6, 6.07) is -1.21. The molecule has 0 unspecified atom stereocenters. The number of aliphatic imine (C=N–C) groups is 2. The number of allylic oxidation sites excluding steroid dienone is 2. The summed E-state index contributed by atoms with van der Waals surface area (Å²) in [7, 11) is 1.37. The van der Waals surface area contributed by atoms with Crippen LogP contribution in [0.25, 0.3) is 0 Å². The van der Waals surface area contributed by atoms with Crippen LogP contribution in [0.4, 0.5) is 9.59 Å². The van der Waals surface area contributed by atoms with E-state index in [1.807, 2.05) is 20.8 Å². The van der Waals surface area contributed by atoms with Gasteiger partial charge in [0.1, 0.15) is 11.1 Å². The predicted octanol–water partition coefficient (Wildman–Crippen LogP) is 3.14. The van der Waals surface area contributed by atoms with Crippen LogP contribution in [0.2, 0.25) is 0 Å². The van der Waals surface area contributed by atoms with Gasteiger partial charge in [-0.3, -0.25) is 19.8 Å². The molecule has 0 aromatic rings. The van der Waals surface area contributed by atoms with E-state index in [1.165, 1.54) is 12.0 Å². The number of hydrogen-bond acceptors (Lipinski definition) is 6. The molecule has 31 heavy (non-hydrogen) atoms. The highest BCUT2D eigenvalue weighted by atomic mass is 16.5. The minimum absolute atomic E-state index is 0.0775. The lowest BCUT2D eigenvalue weighted by Crippen LogP contribution is -2.43. The van der Waals surface area contributed by atoms with Gasteiger partial charge in [0.05, 0.1) is 13.7 Å². The molecule has 10 nitrogen and oxygen atoms in total. The van der Waals surface area contributed by atoms with Gasteiger partial charge in [-0.05, 0) is 41.0 Å². The van der Waals surface area contributed by atoms with Crippen molar-refractivity contribution in [3.05, 3.63) is 22.3 Å². The van der Waals surface area contributed by atoms with E-state index in [0.717, 1.165) is 24.0 Å². The molecule has 0 saturated heterocycles. The molecule has 0 radical (unpaired) electrons. The van der Waals surface area contributed by atoms with Gasteiger partial charge >= 0.3 is 12.1 Å². The predicted molar refractivity (Wildman–Crippen MR) is 116 cm³/mol. The second-order valence-electron chi connectivity index (χ2n) is 7.07. The molecular weight excluding hydrogens is 404 g/mol. The molecular formula is C21H30N4O6. The van der Waals surface area contributed by atoms with E-state index in [4.69, 9.17) is 9.47 Å². The Balaban J connectivity index is 0.000000327. The zero-order valence-electron chi connectivity index (χ0n) is 19.1. The van der Waals surface area contributed by atoms with Crippen LogP contribution in [0.1, 0.15) is 54.4 Å². The fourth-order valence-electron chi connectivity index (χ4n) is 2.72. The van der Waals surface area contributed by atoms with Crippen molar-refractivity contribution in [2.75, 3.05) is 20.3 Å². The highest BCUT2D eigenvalue weighted by Gasteiger charge is 2.34. The van der Waals surface area contributed by atoms with Gasteiger partial charge < -0.3 is 9.47 Å². The van der Waals surface area contributed by atoms with Crippen molar-refractivity contribution >= 4 is 35.7 Å². The standard InChI is InChI=1S/C13H20N2O3.C8H10N2O3/c1-5-7-8-15-12(16)10(9(3)4)11(18-6-2)14-13(15)17;1-4(2)5-6(11)9-8(12)10-7(5)13-3/h5-8H2,1-4H3;1-3H3,(H,9,11,12). The normalized spacial score (nSPS) is 16.2. The van der Waals surface area contributed by atoms with E-state index in [9.17, 15) is 19.2 Å². The maximum atomic E-state index is 12.3. The zero-order valence-corrected chi connectivity index (χ0v) is 19.1. The van der Waals surface area contributed by atoms with Gasteiger partial charge in [-0.1, -0.05) is 24.5 Å². The van der Waals surface area contributed by atoms with E-state index in [1.54, 1.807) is 20.8 Å². The summed E-state index contributed by atoms with van der Waals surface area (Å²) in [6.45, 7) is 11.7. The number of hydrogen-bond donors (Lipinski definition) is 1. The minimum Gasteiger partial charge on any atom is -0.480 e. The second kappa shape index (κ2) is 11.8. The lowest BCUT2D eigenvalue weighted by atomic mass is 10.1. The zero-order chi connectivity index (χ0) is 23.7. The average molecular weight is 434 g/mol. The van der Waals surface area contributed by atoms with Gasteiger partial charge in [0.2, 0.25) is 11.8 Å². The Hall–Kier alpha value is -3.30. The summed E-state index contributed by atoms with van der Waals surface area (Å²) in [5.41, 5.74) is 2.29. The van der Waals surface area contributed by atoms with E-state index in [-0.39, 0.29) is 17.7 Å². The van der Waals surface area contributed by atoms with E-state index < -0.39 is 18.0 Å². The molecule has 2 aliphatic heterocycles. The van der Waals surface area contributed by atoms with Crippen molar-refractivity contribution in [3.63, 3.8) is 0 Å². The van der Waals surface area contributed by atoms with Crippen LogP contribution in [0.15, 0.2) is 32.3 Å². The third kappa shape index (κ3) is 6.59. The molecule has 1 N–H and O–H groups in total. The van der Waals surface area contributed by atoms with Gasteiger partial charge in [0, 0.05) is 6.54 Å². The fraction of sp³-hybridized carbons (Fsp3) is 0.524. The summed E-state index contributed by atoms with van der Waals surface area (Å²) in [5.74, 6) is -0.530. The van der Waals surface area contributed by atoms with Gasteiger partial charge in [-0.15, -0.1) is 0 Å². The molecule has 0 spiro atoms. The lowest BCUT2D eigenvalue weighted by molar-refractivity contribution is -0.124.